The third kappa shape index (κ3) is 9.09. The van der Waals surface area contributed by atoms with Crippen molar-refractivity contribution in [2.75, 3.05) is 38.7 Å². The normalized spacial score (nSPS) is 13.2. The third-order valence-corrected chi connectivity index (χ3v) is 8.91. The highest BCUT2D eigenvalue weighted by molar-refractivity contribution is 7.89. The molecule has 9 nitrogen and oxygen atoms in total. The molecule has 0 bridgehead atoms. The fourth-order valence-electron chi connectivity index (χ4n) is 3.65. The van der Waals surface area contributed by atoms with Crippen LogP contribution in [-0.2, 0) is 24.2 Å². The average Bonchev–Trinajstić information content (AvgIpc) is 3.33. The maximum absolute atomic E-state index is 13.5. The van der Waals surface area contributed by atoms with Crippen LogP contribution in [0.25, 0.3) is 0 Å². The van der Waals surface area contributed by atoms with Gasteiger partial charge in [0.05, 0.1) is 29.7 Å². The van der Waals surface area contributed by atoms with Crippen LogP contribution in [0.15, 0.2) is 58.9 Å². The number of esters is 1. The van der Waals surface area contributed by atoms with Gasteiger partial charge in [-0.15, -0.1) is 11.3 Å². The van der Waals surface area contributed by atoms with Crippen LogP contribution in [0, 0.1) is 5.92 Å². The van der Waals surface area contributed by atoms with Crippen molar-refractivity contribution < 1.29 is 32.2 Å². The molecule has 0 fully saturated rings. The summed E-state index contributed by atoms with van der Waals surface area (Å²) in [4.78, 5) is 24.9. The Labute approximate surface area is 245 Å². The summed E-state index contributed by atoms with van der Waals surface area (Å²) in [6, 6.07) is 7.48. The SMILES string of the molecule is C/C=C(OCC)\C(=C/C(C)CCN(C)S(=O)(=O)c1cc(Cl)sc1C(=O)Nc1cccc(C(=O)OCC)c1)OCC. The van der Waals surface area contributed by atoms with Crippen LogP contribution in [0.3, 0.4) is 0 Å². The number of anilines is 1. The fourth-order valence-corrected chi connectivity index (χ4v) is 6.52. The number of thiophene rings is 1. The monoisotopic (exact) mass is 612 g/mol. The van der Waals surface area contributed by atoms with E-state index in [1.807, 2.05) is 39.8 Å². The summed E-state index contributed by atoms with van der Waals surface area (Å²) in [6.45, 7) is 10.7. The zero-order chi connectivity index (χ0) is 29.9. The van der Waals surface area contributed by atoms with Gasteiger partial charge in [0.2, 0.25) is 10.0 Å². The lowest BCUT2D eigenvalue weighted by atomic mass is 10.1. The van der Waals surface area contributed by atoms with Crippen LogP contribution in [-0.4, -0.2) is 58.0 Å². The highest BCUT2D eigenvalue weighted by atomic mass is 35.5. The quantitative estimate of drug-likeness (QED) is 0.142. The van der Waals surface area contributed by atoms with Crippen LogP contribution in [0.2, 0.25) is 4.34 Å². The van der Waals surface area contributed by atoms with Gasteiger partial charge in [-0.25, -0.2) is 17.5 Å². The first kappa shape index (κ1) is 33.3. The summed E-state index contributed by atoms with van der Waals surface area (Å²) in [7, 11) is -2.58. The van der Waals surface area contributed by atoms with Gasteiger partial charge in [-0.05, 0) is 76.5 Å². The summed E-state index contributed by atoms with van der Waals surface area (Å²) in [5, 5.41) is 2.65. The van der Waals surface area contributed by atoms with E-state index in [1.54, 1.807) is 25.1 Å². The first-order chi connectivity index (χ1) is 19.0. The lowest BCUT2D eigenvalue weighted by molar-refractivity contribution is 0.0526. The maximum Gasteiger partial charge on any atom is 0.338 e. The van der Waals surface area contributed by atoms with E-state index in [2.05, 4.69) is 5.32 Å². The molecule has 0 aliphatic rings. The number of halogens is 1. The Balaban J connectivity index is 2.20. The molecule has 0 spiro atoms. The highest BCUT2D eigenvalue weighted by Crippen LogP contribution is 2.33. The molecule has 1 aromatic carbocycles. The molecule has 1 N–H and O–H groups in total. The number of ether oxygens (including phenoxy) is 3. The van der Waals surface area contributed by atoms with Gasteiger partial charge in [-0.2, -0.15) is 0 Å². The van der Waals surface area contributed by atoms with Crippen molar-refractivity contribution in [3.63, 3.8) is 0 Å². The minimum Gasteiger partial charge on any atom is -0.490 e. The van der Waals surface area contributed by atoms with Crippen molar-refractivity contribution in [2.24, 2.45) is 5.92 Å². The van der Waals surface area contributed by atoms with E-state index in [0.29, 0.717) is 36.8 Å². The van der Waals surface area contributed by atoms with Crippen LogP contribution in [0.4, 0.5) is 5.69 Å². The number of sulfonamides is 1. The van der Waals surface area contributed by atoms with Crippen molar-refractivity contribution in [1.29, 1.82) is 0 Å². The molecule has 1 atom stereocenters. The standard InChI is InChI=1S/C28H37ClN2O7S2/c1-7-22(36-8-2)23(37-9-3)16-19(5)14-15-31(6)40(34,35)24-18-25(29)39-26(24)27(32)30-21-13-11-12-20(17-21)28(33)38-10-4/h7,11-13,16-19H,8-10,14-15H2,1-6H3,(H,30,32)/b22-7+,23-16+. The minimum atomic E-state index is -4.04. The number of hydrogen-bond acceptors (Lipinski definition) is 8. The lowest BCUT2D eigenvalue weighted by Gasteiger charge is -2.20. The molecular weight excluding hydrogens is 576 g/mol. The highest BCUT2D eigenvalue weighted by Gasteiger charge is 2.30. The Hall–Kier alpha value is -2.86. The Bertz CT molecular complexity index is 1340. The number of amides is 1. The maximum atomic E-state index is 13.5. The molecule has 1 heterocycles. The lowest BCUT2D eigenvalue weighted by Crippen LogP contribution is -2.30. The molecule has 12 heteroatoms. The zero-order valence-electron chi connectivity index (χ0n) is 23.7. The molecule has 2 rings (SSSR count). The van der Waals surface area contributed by atoms with Crippen molar-refractivity contribution in [3.05, 3.63) is 68.8 Å². The topological polar surface area (TPSA) is 111 Å². The van der Waals surface area contributed by atoms with E-state index in [0.717, 1.165) is 11.3 Å². The second-order valence-electron chi connectivity index (χ2n) is 8.64. The van der Waals surface area contributed by atoms with Gasteiger partial charge < -0.3 is 19.5 Å². The second kappa shape index (κ2) is 15.8. The number of allylic oxidation sites excluding steroid dienone is 2. The Morgan fingerprint density at radius 3 is 2.35 bits per heavy atom. The number of benzene rings is 1. The Morgan fingerprint density at radius 1 is 1.07 bits per heavy atom. The molecule has 0 saturated carbocycles. The van der Waals surface area contributed by atoms with Gasteiger partial charge in [0, 0.05) is 19.3 Å². The van der Waals surface area contributed by atoms with E-state index in [4.69, 9.17) is 25.8 Å². The first-order valence-corrected chi connectivity index (χ1v) is 15.6. The molecule has 40 heavy (non-hydrogen) atoms. The van der Waals surface area contributed by atoms with Crippen LogP contribution in [0.1, 0.15) is 61.1 Å². The zero-order valence-corrected chi connectivity index (χ0v) is 26.0. The largest absolute Gasteiger partial charge is 0.490 e. The predicted octanol–water partition coefficient (Wildman–Crippen LogP) is 6.34. The Morgan fingerprint density at radius 2 is 1.73 bits per heavy atom. The van der Waals surface area contributed by atoms with Crippen LogP contribution in [0.5, 0.6) is 0 Å². The van der Waals surface area contributed by atoms with Crippen LogP contribution >= 0.6 is 22.9 Å². The number of nitrogens with zero attached hydrogens (tertiary/aromatic N) is 1. The van der Waals surface area contributed by atoms with E-state index in [9.17, 15) is 18.0 Å². The van der Waals surface area contributed by atoms with E-state index in [1.165, 1.54) is 23.5 Å². The fraction of sp³-hybridized carbons (Fsp3) is 0.429. The number of carbonyl (C=O) groups excluding carboxylic acids is 2. The summed E-state index contributed by atoms with van der Waals surface area (Å²) >= 11 is 7.03. The molecule has 0 aliphatic heterocycles. The molecule has 0 aliphatic carbocycles. The number of carbonyl (C=O) groups is 2. The van der Waals surface area contributed by atoms with Gasteiger partial charge in [-0.1, -0.05) is 24.6 Å². The predicted molar refractivity (Wildman–Crippen MR) is 158 cm³/mol. The summed E-state index contributed by atoms with van der Waals surface area (Å²) in [6.07, 6.45) is 4.24. The molecule has 2 aromatic rings. The van der Waals surface area contributed by atoms with Crippen molar-refractivity contribution >= 4 is 50.5 Å². The summed E-state index contributed by atoms with van der Waals surface area (Å²) < 4.78 is 44.7. The Kier molecular flexibility index (Phi) is 13.2. The van der Waals surface area contributed by atoms with Crippen LogP contribution < -0.4 is 5.32 Å². The second-order valence-corrected chi connectivity index (χ2v) is 12.3. The van der Waals surface area contributed by atoms with Gasteiger partial charge in [-0.3, -0.25) is 4.79 Å². The first-order valence-electron chi connectivity index (χ1n) is 13.0. The number of rotatable bonds is 15. The summed E-state index contributed by atoms with van der Waals surface area (Å²) in [5.41, 5.74) is 0.574. The molecule has 1 aromatic heterocycles. The molecular formula is C28H37ClN2O7S2. The minimum absolute atomic E-state index is 0.0323. The number of hydrogen-bond donors (Lipinski definition) is 1. The molecule has 1 amide bonds. The van der Waals surface area contributed by atoms with Gasteiger partial charge in [0.25, 0.3) is 5.91 Å². The van der Waals surface area contributed by atoms with E-state index in [-0.39, 0.29) is 38.7 Å². The van der Waals surface area contributed by atoms with Crippen molar-refractivity contribution in [3.8, 4) is 0 Å². The molecule has 0 saturated heterocycles. The van der Waals surface area contributed by atoms with Crippen molar-refractivity contribution in [2.45, 2.75) is 45.9 Å². The molecule has 220 valence electrons. The number of nitrogens with one attached hydrogen (secondary N) is 1. The average molecular weight is 613 g/mol. The summed E-state index contributed by atoms with van der Waals surface area (Å²) in [5.74, 6) is 0.0291. The molecule has 1 unspecified atom stereocenters. The van der Waals surface area contributed by atoms with Gasteiger partial charge in [0.15, 0.2) is 11.5 Å². The third-order valence-electron chi connectivity index (χ3n) is 5.63. The van der Waals surface area contributed by atoms with Gasteiger partial charge in [0.1, 0.15) is 9.77 Å². The van der Waals surface area contributed by atoms with E-state index < -0.39 is 21.9 Å². The molecule has 0 radical (unpaired) electrons. The smallest absolute Gasteiger partial charge is 0.338 e. The van der Waals surface area contributed by atoms with E-state index >= 15 is 0 Å². The van der Waals surface area contributed by atoms with Crippen molar-refractivity contribution in [1.82, 2.24) is 4.31 Å². The van der Waals surface area contributed by atoms with Gasteiger partial charge >= 0.3 is 5.97 Å².